The lowest BCUT2D eigenvalue weighted by Crippen LogP contribution is -2.20. The molecule has 1 fully saturated rings. The largest absolute Gasteiger partial charge is 0.465 e. The highest BCUT2D eigenvalue weighted by Crippen LogP contribution is 2.43. The first-order valence-electron chi connectivity index (χ1n) is 6.75. The molecule has 8 heteroatoms. The molecular formula is C13H20N2O4S2. The van der Waals surface area contributed by atoms with Crippen molar-refractivity contribution in [1.82, 2.24) is 0 Å². The molecule has 21 heavy (non-hydrogen) atoms. The van der Waals surface area contributed by atoms with Crippen molar-refractivity contribution < 1.29 is 17.9 Å². The summed E-state index contributed by atoms with van der Waals surface area (Å²) < 4.78 is 28.8. The van der Waals surface area contributed by atoms with E-state index in [1.165, 1.54) is 7.11 Å². The van der Waals surface area contributed by atoms with Crippen molar-refractivity contribution in [3.63, 3.8) is 0 Å². The zero-order valence-corrected chi connectivity index (χ0v) is 14.0. The van der Waals surface area contributed by atoms with E-state index in [2.05, 4.69) is 11.7 Å². The summed E-state index contributed by atoms with van der Waals surface area (Å²) in [5.74, 6) is -0.0535. The van der Waals surface area contributed by atoms with E-state index in [0.29, 0.717) is 10.9 Å². The summed E-state index contributed by atoms with van der Waals surface area (Å²) in [7, 11) is -2.26. The van der Waals surface area contributed by atoms with E-state index in [9.17, 15) is 13.2 Å². The van der Waals surface area contributed by atoms with Crippen molar-refractivity contribution in [3.05, 3.63) is 4.88 Å². The Morgan fingerprint density at radius 1 is 1.52 bits per heavy atom. The van der Waals surface area contributed by atoms with Crippen molar-refractivity contribution in [2.24, 2.45) is 5.92 Å². The SMILES string of the molecule is CCC1CCN(c2sc(C(=O)OC)c(N)c2S(C)(=O)=O)C1. The van der Waals surface area contributed by atoms with E-state index < -0.39 is 15.8 Å². The fourth-order valence-corrected chi connectivity index (χ4v) is 5.24. The molecule has 0 aromatic carbocycles. The van der Waals surface area contributed by atoms with E-state index in [1.807, 2.05) is 4.90 Å². The Balaban J connectivity index is 2.52. The van der Waals surface area contributed by atoms with Crippen LogP contribution in [-0.4, -0.2) is 40.8 Å². The molecule has 1 aliphatic rings. The number of rotatable bonds is 4. The third kappa shape index (κ3) is 3.01. The fraction of sp³-hybridized carbons (Fsp3) is 0.615. The lowest BCUT2D eigenvalue weighted by atomic mass is 10.1. The minimum Gasteiger partial charge on any atom is -0.465 e. The molecule has 0 saturated carbocycles. The van der Waals surface area contributed by atoms with Crippen LogP contribution >= 0.6 is 11.3 Å². The van der Waals surface area contributed by atoms with Gasteiger partial charge in [0.1, 0.15) is 14.8 Å². The second-order valence-corrected chi connectivity index (χ2v) is 8.20. The molecule has 1 atom stereocenters. The molecule has 1 unspecified atom stereocenters. The van der Waals surface area contributed by atoms with Crippen LogP contribution in [0.4, 0.5) is 10.7 Å². The predicted octanol–water partition coefficient (Wildman–Crippen LogP) is 1.76. The number of hydrogen-bond donors (Lipinski definition) is 1. The van der Waals surface area contributed by atoms with Gasteiger partial charge in [0.25, 0.3) is 0 Å². The van der Waals surface area contributed by atoms with Crippen LogP contribution in [0.1, 0.15) is 29.4 Å². The van der Waals surface area contributed by atoms with Gasteiger partial charge in [0.15, 0.2) is 9.84 Å². The van der Waals surface area contributed by atoms with Gasteiger partial charge >= 0.3 is 5.97 Å². The van der Waals surface area contributed by atoms with Crippen LogP contribution in [0.2, 0.25) is 0 Å². The third-order valence-corrected chi connectivity index (χ3v) is 6.30. The van der Waals surface area contributed by atoms with Crippen molar-refractivity contribution in [2.75, 3.05) is 37.1 Å². The van der Waals surface area contributed by atoms with E-state index in [-0.39, 0.29) is 15.5 Å². The molecule has 1 aromatic rings. The van der Waals surface area contributed by atoms with Gasteiger partial charge in [0, 0.05) is 19.3 Å². The van der Waals surface area contributed by atoms with Gasteiger partial charge in [-0.05, 0) is 12.3 Å². The van der Waals surface area contributed by atoms with Crippen LogP contribution in [0, 0.1) is 5.92 Å². The number of hydrogen-bond acceptors (Lipinski definition) is 7. The summed E-state index contributed by atoms with van der Waals surface area (Å²) in [5, 5.41) is 0.561. The molecule has 0 amide bonds. The molecular weight excluding hydrogens is 312 g/mol. The standard InChI is InChI=1S/C13H20N2O4S2/c1-4-8-5-6-15(7-8)12-11(21(3,17)18)9(14)10(20-12)13(16)19-2/h8H,4-7,14H2,1-3H3. The molecule has 1 saturated heterocycles. The molecule has 2 heterocycles. The van der Waals surface area contributed by atoms with Gasteiger partial charge in [0.05, 0.1) is 12.8 Å². The Morgan fingerprint density at radius 3 is 2.67 bits per heavy atom. The van der Waals surface area contributed by atoms with Crippen molar-refractivity contribution in [2.45, 2.75) is 24.7 Å². The van der Waals surface area contributed by atoms with E-state index >= 15 is 0 Å². The lowest BCUT2D eigenvalue weighted by molar-refractivity contribution is 0.0607. The summed E-state index contributed by atoms with van der Waals surface area (Å²) in [5.41, 5.74) is 5.91. The number of sulfone groups is 1. The fourth-order valence-electron chi connectivity index (χ4n) is 2.58. The molecule has 0 radical (unpaired) electrons. The van der Waals surface area contributed by atoms with Crippen LogP contribution in [0.5, 0.6) is 0 Å². The predicted molar refractivity (Wildman–Crippen MR) is 83.8 cm³/mol. The molecule has 2 rings (SSSR count). The van der Waals surface area contributed by atoms with Gasteiger partial charge in [-0.15, -0.1) is 11.3 Å². The van der Waals surface area contributed by atoms with E-state index in [1.54, 1.807) is 0 Å². The van der Waals surface area contributed by atoms with Gasteiger partial charge in [-0.1, -0.05) is 13.3 Å². The lowest BCUT2D eigenvalue weighted by Gasteiger charge is -2.18. The second-order valence-electron chi connectivity index (χ2n) is 5.25. The van der Waals surface area contributed by atoms with Crippen LogP contribution in [-0.2, 0) is 14.6 Å². The number of nitrogens with two attached hydrogens (primary N) is 1. The Bertz CT molecular complexity index is 651. The highest BCUT2D eigenvalue weighted by Gasteiger charge is 2.33. The molecule has 6 nitrogen and oxygen atoms in total. The summed E-state index contributed by atoms with van der Waals surface area (Å²) in [4.78, 5) is 14.0. The van der Waals surface area contributed by atoms with Crippen molar-refractivity contribution >= 4 is 37.8 Å². The maximum atomic E-state index is 12.1. The number of ether oxygens (including phenoxy) is 1. The summed E-state index contributed by atoms with van der Waals surface area (Å²) >= 11 is 1.10. The Morgan fingerprint density at radius 2 is 2.19 bits per heavy atom. The van der Waals surface area contributed by atoms with Crippen molar-refractivity contribution in [3.8, 4) is 0 Å². The van der Waals surface area contributed by atoms with E-state index in [0.717, 1.165) is 43.5 Å². The number of anilines is 2. The summed E-state index contributed by atoms with van der Waals surface area (Å²) in [6.45, 7) is 3.69. The molecule has 118 valence electrons. The second kappa shape index (κ2) is 5.84. The highest BCUT2D eigenvalue weighted by atomic mass is 32.2. The normalized spacial score (nSPS) is 19.0. The number of carbonyl (C=O) groups is 1. The molecule has 0 spiro atoms. The quantitative estimate of drug-likeness (QED) is 0.845. The average molecular weight is 332 g/mol. The number of thiophene rings is 1. The maximum Gasteiger partial charge on any atom is 0.350 e. The smallest absolute Gasteiger partial charge is 0.350 e. The zero-order chi connectivity index (χ0) is 15.8. The monoisotopic (exact) mass is 332 g/mol. The van der Waals surface area contributed by atoms with Crippen LogP contribution in [0.25, 0.3) is 0 Å². The third-order valence-electron chi connectivity index (χ3n) is 3.77. The topological polar surface area (TPSA) is 89.7 Å². The Hall–Kier alpha value is -1.28. The van der Waals surface area contributed by atoms with Gasteiger partial charge < -0.3 is 15.4 Å². The molecule has 0 bridgehead atoms. The first-order chi connectivity index (χ1) is 9.79. The minimum atomic E-state index is -3.51. The minimum absolute atomic E-state index is 0.00398. The number of nitrogens with zero attached hydrogens (tertiary/aromatic N) is 1. The van der Waals surface area contributed by atoms with Crippen LogP contribution in [0.15, 0.2) is 4.90 Å². The van der Waals surface area contributed by atoms with Crippen LogP contribution in [0.3, 0.4) is 0 Å². The van der Waals surface area contributed by atoms with Crippen molar-refractivity contribution in [1.29, 1.82) is 0 Å². The summed E-state index contributed by atoms with van der Waals surface area (Å²) in [6.07, 6.45) is 3.18. The van der Waals surface area contributed by atoms with Gasteiger partial charge in [0.2, 0.25) is 0 Å². The first kappa shape index (κ1) is 16.1. The van der Waals surface area contributed by atoms with E-state index in [4.69, 9.17) is 5.73 Å². The van der Waals surface area contributed by atoms with Gasteiger partial charge in [-0.3, -0.25) is 0 Å². The number of methoxy groups -OCH3 is 1. The summed E-state index contributed by atoms with van der Waals surface area (Å²) in [6, 6.07) is 0. The first-order valence-corrected chi connectivity index (χ1v) is 9.45. The maximum absolute atomic E-state index is 12.1. The highest BCUT2D eigenvalue weighted by molar-refractivity contribution is 7.91. The Labute approximate surface area is 128 Å². The number of esters is 1. The number of nitrogen functional groups attached to an aromatic ring is 1. The molecule has 1 aromatic heterocycles. The zero-order valence-electron chi connectivity index (χ0n) is 12.4. The molecule has 1 aliphatic heterocycles. The van der Waals surface area contributed by atoms with Gasteiger partial charge in [-0.25, -0.2) is 13.2 Å². The molecule has 0 aliphatic carbocycles. The Kier molecular flexibility index (Phi) is 4.48. The van der Waals surface area contributed by atoms with Crippen LogP contribution < -0.4 is 10.6 Å². The average Bonchev–Trinajstić information content (AvgIpc) is 3.00. The number of carbonyl (C=O) groups excluding carboxylic acids is 1. The molecule has 2 N–H and O–H groups in total. The van der Waals surface area contributed by atoms with Gasteiger partial charge in [-0.2, -0.15) is 0 Å².